The fourth-order valence-electron chi connectivity index (χ4n) is 7.01. The van der Waals surface area contributed by atoms with Crippen molar-refractivity contribution in [3.63, 3.8) is 0 Å². The Morgan fingerprint density at radius 2 is 1.85 bits per heavy atom. The highest BCUT2D eigenvalue weighted by molar-refractivity contribution is 7.22. The molecule has 2 aromatic heterocycles. The molecule has 0 aliphatic carbocycles. The number of anilines is 2. The van der Waals surface area contributed by atoms with Gasteiger partial charge in [0.25, 0.3) is 0 Å². The summed E-state index contributed by atoms with van der Waals surface area (Å²) in [5.74, 6) is -2.29. The Bertz CT molecular complexity index is 1900. The number of hydrogen-bond donors (Lipinski definition) is 1. The molecule has 0 bridgehead atoms. The van der Waals surface area contributed by atoms with Crippen LogP contribution in [0.15, 0.2) is 18.2 Å². The highest BCUT2D eigenvalue weighted by atomic mass is 32.1. The van der Waals surface area contributed by atoms with E-state index in [1.54, 1.807) is 6.07 Å². The van der Waals surface area contributed by atoms with E-state index >= 15 is 4.39 Å². The van der Waals surface area contributed by atoms with E-state index in [1.807, 2.05) is 4.90 Å². The molecule has 0 amide bonds. The Morgan fingerprint density at radius 3 is 2.57 bits per heavy atom. The number of fused-ring (bicyclic) bond motifs is 3. The number of alkyl halides is 5. The molecule has 46 heavy (non-hydrogen) atoms. The zero-order valence-corrected chi connectivity index (χ0v) is 24.9. The molecule has 3 aliphatic rings. The number of rotatable bonds is 5. The molecule has 2 atom stereocenters. The lowest BCUT2D eigenvalue weighted by molar-refractivity contribution is -0.137. The monoisotopic (exact) mass is 665 g/mol. The van der Waals surface area contributed by atoms with Gasteiger partial charge in [-0.25, -0.2) is 22.5 Å². The molecule has 2 aromatic carbocycles. The van der Waals surface area contributed by atoms with E-state index in [0.29, 0.717) is 30.4 Å². The summed E-state index contributed by atoms with van der Waals surface area (Å²) in [5, 5.41) is 8.82. The highest BCUT2D eigenvalue weighted by Gasteiger charge is 2.49. The van der Waals surface area contributed by atoms with Crippen molar-refractivity contribution in [2.75, 3.05) is 43.4 Å². The van der Waals surface area contributed by atoms with Crippen LogP contribution in [0, 0.1) is 23.0 Å². The van der Waals surface area contributed by atoms with E-state index in [0.717, 1.165) is 18.6 Å². The Kier molecular flexibility index (Phi) is 7.20. The minimum Gasteiger partial charge on any atom is -0.461 e. The first-order chi connectivity index (χ1) is 21.8. The molecule has 4 aromatic rings. The first-order valence-electron chi connectivity index (χ1n) is 14.6. The molecule has 7 rings (SSSR count). The standard InChI is InChI=1S/C30H26F7N7OS/c31-15-11-29(4-1-7-44(29)12-15)14-45-27-41-22-17(25(42-27)43-8-5-28(34,13-38)6-9-43)10-18(30(35,36)37)20(21(22)33)16-2-3-19(32)24-23(16)40-26(39)46-24/h2-3,10,15H,1,4-9,11-12,14H2,(H2,39,40)/t15-,29+/m1/s1. The van der Waals surface area contributed by atoms with Crippen molar-refractivity contribution in [3.8, 4) is 23.2 Å². The lowest BCUT2D eigenvalue weighted by Crippen LogP contribution is -2.43. The second-order valence-corrected chi connectivity index (χ2v) is 13.1. The van der Waals surface area contributed by atoms with Gasteiger partial charge in [-0.1, -0.05) is 11.3 Å². The molecule has 5 heterocycles. The van der Waals surface area contributed by atoms with Crippen LogP contribution in [0.1, 0.15) is 37.7 Å². The zero-order chi connectivity index (χ0) is 32.6. The summed E-state index contributed by atoms with van der Waals surface area (Å²) in [6.07, 6.45) is -4.97. The van der Waals surface area contributed by atoms with E-state index in [-0.39, 0.29) is 83.6 Å². The summed E-state index contributed by atoms with van der Waals surface area (Å²) in [6.45, 7) is 0.690. The molecule has 3 saturated heterocycles. The number of thiazole rings is 1. The van der Waals surface area contributed by atoms with Gasteiger partial charge < -0.3 is 15.4 Å². The Morgan fingerprint density at radius 1 is 1.09 bits per heavy atom. The van der Waals surface area contributed by atoms with Crippen molar-refractivity contribution in [2.45, 2.75) is 55.7 Å². The topological polar surface area (TPSA) is 104 Å². The molecular formula is C30H26F7N7OS. The largest absolute Gasteiger partial charge is 0.461 e. The Balaban J connectivity index is 1.42. The second kappa shape index (κ2) is 10.8. The zero-order valence-electron chi connectivity index (χ0n) is 24.1. The smallest absolute Gasteiger partial charge is 0.417 e. The maximum absolute atomic E-state index is 16.7. The molecule has 0 radical (unpaired) electrons. The van der Waals surface area contributed by atoms with Crippen LogP contribution in [-0.2, 0) is 6.18 Å². The van der Waals surface area contributed by atoms with Crippen LogP contribution in [0.4, 0.5) is 41.7 Å². The summed E-state index contributed by atoms with van der Waals surface area (Å²) in [4.78, 5) is 16.1. The number of benzene rings is 2. The minimum absolute atomic E-state index is 0.0355. The van der Waals surface area contributed by atoms with Crippen molar-refractivity contribution in [3.05, 3.63) is 35.4 Å². The van der Waals surface area contributed by atoms with Crippen LogP contribution in [0.25, 0.3) is 32.2 Å². The van der Waals surface area contributed by atoms with Gasteiger partial charge in [-0.15, -0.1) is 0 Å². The fraction of sp³-hybridized carbons (Fsp3) is 0.467. The predicted octanol–water partition coefficient (Wildman–Crippen LogP) is 6.57. The van der Waals surface area contributed by atoms with Gasteiger partial charge in [-0.05, 0) is 37.6 Å². The Hall–Kier alpha value is -3.97. The van der Waals surface area contributed by atoms with E-state index in [2.05, 4.69) is 15.0 Å². The van der Waals surface area contributed by atoms with Gasteiger partial charge in [0.1, 0.15) is 36.0 Å². The molecular weight excluding hydrogens is 639 g/mol. The molecule has 3 fully saturated rings. The average Bonchev–Trinajstić information content (AvgIpc) is 3.68. The maximum Gasteiger partial charge on any atom is 0.417 e. The molecule has 8 nitrogen and oxygen atoms in total. The predicted molar refractivity (Wildman–Crippen MR) is 157 cm³/mol. The number of nitrogens with zero attached hydrogens (tertiary/aromatic N) is 6. The normalized spacial score (nSPS) is 23.3. The summed E-state index contributed by atoms with van der Waals surface area (Å²) >= 11 is 0.713. The van der Waals surface area contributed by atoms with Gasteiger partial charge in [-0.3, -0.25) is 4.90 Å². The van der Waals surface area contributed by atoms with Crippen molar-refractivity contribution < 1.29 is 35.5 Å². The number of nitrogens with two attached hydrogens (primary N) is 1. The van der Waals surface area contributed by atoms with Crippen LogP contribution in [0.2, 0.25) is 0 Å². The second-order valence-electron chi connectivity index (χ2n) is 12.1. The van der Waals surface area contributed by atoms with Crippen LogP contribution in [-0.4, -0.2) is 70.0 Å². The van der Waals surface area contributed by atoms with Gasteiger partial charge in [-0.2, -0.15) is 28.4 Å². The average molecular weight is 666 g/mol. The van der Waals surface area contributed by atoms with Crippen molar-refractivity contribution >= 4 is 43.4 Å². The third-order valence-electron chi connectivity index (χ3n) is 9.26. The summed E-state index contributed by atoms with van der Waals surface area (Å²) in [7, 11) is 0. The van der Waals surface area contributed by atoms with E-state index in [9.17, 15) is 31.6 Å². The maximum atomic E-state index is 16.7. The van der Waals surface area contributed by atoms with Crippen LogP contribution in [0.3, 0.4) is 0 Å². The summed E-state index contributed by atoms with van der Waals surface area (Å²) in [6, 6.07) is 3.90. The first-order valence-corrected chi connectivity index (χ1v) is 15.5. The first kappa shape index (κ1) is 30.7. The minimum atomic E-state index is -5.09. The highest BCUT2D eigenvalue weighted by Crippen LogP contribution is 2.47. The van der Waals surface area contributed by atoms with Crippen LogP contribution >= 0.6 is 11.3 Å². The van der Waals surface area contributed by atoms with Gasteiger partial charge in [0.05, 0.1) is 21.3 Å². The van der Waals surface area contributed by atoms with Gasteiger partial charge >= 0.3 is 12.2 Å². The fourth-order valence-corrected chi connectivity index (χ4v) is 7.77. The van der Waals surface area contributed by atoms with Crippen LogP contribution < -0.4 is 15.4 Å². The van der Waals surface area contributed by atoms with E-state index in [4.69, 9.17) is 10.5 Å². The number of ether oxygens (including phenoxy) is 1. The molecule has 0 saturated carbocycles. The van der Waals surface area contributed by atoms with Gasteiger partial charge in [0.2, 0.25) is 0 Å². The van der Waals surface area contributed by atoms with Gasteiger partial charge in [0.15, 0.2) is 16.6 Å². The third kappa shape index (κ3) is 5.04. The molecule has 2 N–H and O–H groups in total. The quantitative estimate of drug-likeness (QED) is 0.239. The molecule has 3 aliphatic heterocycles. The van der Waals surface area contributed by atoms with Crippen molar-refractivity contribution in [1.82, 2.24) is 19.9 Å². The molecule has 0 spiro atoms. The van der Waals surface area contributed by atoms with Crippen molar-refractivity contribution in [2.24, 2.45) is 0 Å². The van der Waals surface area contributed by atoms with Crippen molar-refractivity contribution in [1.29, 1.82) is 5.26 Å². The molecule has 242 valence electrons. The molecule has 16 heteroatoms. The van der Waals surface area contributed by atoms with Gasteiger partial charge in [0, 0.05) is 55.4 Å². The number of halogens is 7. The lowest BCUT2D eigenvalue weighted by Gasteiger charge is -2.34. The number of aromatic nitrogens is 3. The Labute approximate surface area is 261 Å². The SMILES string of the molecule is N#CC1(F)CCN(c2nc(OC[C@@]34CCCN3C[C@H](F)C4)nc3c(F)c(-c4ccc(F)c5sc(N)nc45)c(C(F)(F)F)cc23)CC1. The van der Waals surface area contributed by atoms with E-state index in [1.165, 1.54) is 4.90 Å². The third-order valence-corrected chi connectivity index (χ3v) is 10.2. The summed E-state index contributed by atoms with van der Waals surface area (Å²) in [5.41, 5.74) is -0.404. The number of nitriles is 1. The lowest BCUT2D eigenvalue weighted by atomic mass is 9.93. The number of piperidine rings is 1. The van der Waals surface area contributed by atoms with Crippen LogP contribution in [0.5, 0.6) is 6.01 Å². The summed E-state index contributed by atoms with van der Waals surface area (Å²) < 4.78 is 110. The number of nitrogen functional groups attached to an aromatic ring is 1. The van der Waals surface area contributed by atoms with E-state index < -0.39 is 51.8 Å². The molecule has 0 unspecified atom stereocenters. The number of hydrogen-bond acceptors (Lipinski definition) is 9.